The molecule has 11 heteroatoms. The van der Waals surface area contributed by atoms with Crippen molar-refractivity contribution in [2.75, 3.05) is 0 Å². The minimum atomic E-state index is -1.08. The first-order valence-electron chi connectivity index (χ1n) is 3.21. The Kier molecular flexibility index (Phi) is 34.4. The fourth-order valence-electron chi connectivity index (χ4n) is 0.121. The summed E-state index contributed by atoms with van der Waals surface area (Å²) in [7, 11) is 0. The van der Waals surface area contributed by atoms with Crippen molar-refractivity contribution in [2.24, 2.45) is 7.54 Å². The second-order valence-electron chi connectivity index (χ2n) is 1.60. The van der Waals surface area contributed by atoms with Crippen LogP contribution in [0.25, 0.3) is 0 Å². The van der Waals surface area contributed by atoms with Crippen LogP contribution in [0.3, 0.4) is 0 Å². The van der Waals surface area contributed by atoms with Crippen LogP contribution in [0, 0.1) is 10.5 Å². The summed E-state index contributed by atoms with van der Waals surface area (Å²) in [5.74, 6) is -2.17. The number of carbonyl (C=O) groups is 2. The number of aliphatic carboxylic acids is 2. The number of carbonyl (C=O) groups excluding carboxylic acids is 2. The molecule has 0 spiro atoms. The van der Waals surface area contributed by atoms with Gasteiger partial charge in [-0.15, -0.1) is 7.54 Å². The van der Waals surface area contributed by atoms with E-state index < -0.39 is 11.9 Å². The summed E-state index contributed by atoms with van der Waals surface area (Å²) < 4.78 is 7.49. The molecule has 1 heterocycles. The monoisotopic (exact) mass is 670 g/mol. The van der Waals surface area contributed by atoms with E-state index in [1.54, 1.807) is 0 Å². The first-order valence-corrected chi connectivity index (χ1v) is 5.48. The summed E-state index contributed by atoms with van der Waals surface area (Å²) in [6.45, 7) is 1.94. The van der Waals surface area contributed by atoms with Gasteiger partial charge in [0.15, 0.2) is 0 Å². The van der Waals surface area contributed by atoms with E-state index in [4.69, 9.17) is 19.8 Å². The number of rotatable bonds is 0. The van der Waals surface area contributed by atoms with E-state index in [-0.39, 0.29) is 55.3 Å². The van der Waals surface area contributed by atoms with Gasteiger partial charge in [-0.05, 0) is 13.8 Å². The van der Waals surface area contributed by atoms with Gasteiger partial charge < -0.3 is 19.8 Å². The summed E-state index contributed by atoms with van der Waals surface area (Å²) in [4.78, 5) is 17.8. The molecule has 0 bridgehead atoms. The summed E-state index contributed by atoms with van der Waals surface area (Å²) in [5, 5.41) is 23.2. The first-order chi connectivity index (χ1) is 6.96. The maximum absolute atomic E-state index is 8.89. The molecule has 86 valence electrons. The van der Waals surface area contributed by atoms with Gasteiger partial charge in [-0.3, -0.25) is 0 Å². The van der Waals surface area contributed by atoms with Crippen molar-refractivity contribution < 1.29 is 75.1 Å². The van der Waals surface area contributed by atoms with E-state index >= 15 is 0 Å². The molecule has 0 saturated heterocycles. The summed E-state index contributed by atoms with van der Waals surface area (Å²) >= 11 is 3.62. The van der Waals surface area contributed by atoms with E-state index in [0.29, 0.717) is 0 Å². The van der Waals surface area contributed by atoms with Crippen LogP contribution in [0.1, 0.15) is 13.8 Å². The zero-order chi connectivity index (χ0) is 12.1. The van der Waals surface area contributed by atoms with Gasteiger partial charge in [-0.1, -0.05) is 0 Å². The van der Waals surface area contributed by atoms with Crippen molar-refractivity contribution in [3.05, 3.63) is 0 Å². The van der Waals surface area contributed by atoms with Crippen LogP contribution in [0.5, 0.6) is 0 Å². The van der Waals surface area contributed by atoms with Crippen molar-refractivity contribution in [3.63, 3.8) is 0 Å². The molecule has 0 aromatic heterocycles. The molecule has 0 unspecified atom stereocenters. The first kappa shape index (κ1) is 26.5. The van der Waals surface area contributed by atoms with Gasteiger partial charge in [0.2, 0.25) is 0 Å². The van der Waals surface area contributed by atoms with Crippen molar-refractivity contribution in [2.45, 2.75) is 13.8 Å². The van der Waals surface area contributed by atoms with E-state index in [0.717, 1.165) is 13.8 Å². The molecule has 0 N–H and O–H groups in total. The Morgan fingerprint density at radius 3 is 1.41 bits per heavy atom. The van der Waals surface area contributed by atoms with Crippen LogP contribution in [0.15, 0.2) is 7.54 Å². The minimum absolute atomic E-state index is 0. The molecule has 0 amide bonds. The van der Waals surface area contributed by atoms with Gasteiger partial charge >= 0.3 is 55.3 Å². The zero-order valence-electron chi connectivity index (χ0n) is 9.17. The van der Waals surface area contributed by atoms with Crippen LogP contribution < -0.4 is 10.2 Å². The molecular formula is C6H6Hg2N2O4S3. The smallest absolute Gasteiger partial charge is 0.550 e. The number of carboxylic acid groups (broad SMARTS) is 2. The molecule has 2 radical (unpaired) electrons. The number of carboxylic acids is 2. The third-order valence-corrected chi connectivity index (χ3v) is 1.92. The molecule has 0 fully saturated rings. The molecule has 17 heavy (non-hydrogen) atoms. The predicted octanol–water partition coefficient (Wildman–Crippen LogP) is -0.828. The zero-order valence-corrected chi connectivity index (χ0v) is 22.6. The Morgan fingerprint density at radius 1 is 0.941 bits per heavy atom. The quantitative estimate of drug-likeness (QED) is 0.190. The third-order valence-electron chi connectivity index (χ3n) is 0.274. The maximum Gasteiger partial charge on any atom is 1.00 e. The van der Waals surface area contributed by atoms with Crippen LogP contribution in [0.4, 0.5) is 0 Å². The van der Waals surface area contributed by atoms with Crippen LogP contribution in [-0.4, -0.2) is 11.9 Å². The van der Waals surface area contributed by atoms with Crippen LogP contribution in [0.2, 0.25) is 0 Å². The molecule has 6 nitrogen and oxygen atoms in total. The molecule has 0 atom stereocenters. The van der Waals surface area contributed by atoms with Crippen molar-refractivity contribution >= 4 is 47.2 Å². The summed E-state index contributed by atoms with van der Waals surface area (Å²) in [5.41, 5.74) is 0. The van der Waals surface area contributed by atoms with Gasteiger partial charge in [0, 0.05) is 22.4 Å². The minimum Gasteiger partial charge on any atom is -0.550 e. The average molecular weight is 668 g/mol. The average Bonchev–Trinajstić information content (AvgIpc) is 2.31. The van der Waals surface area contributed by atoms with Crippen molar-refractivity contribution in [3.8, 4) is 10.5 Å². The Labute approximate surface area is 152 Å². The van der Waals surface area contributed by atoms with Gasteiger partial charge in [0.05, 0.1) is 35.3 Å². The van der Waals surface area contributed by atoms with Crippen molar-refractivity contribution in [1.82, 2.24) is 0 Å². The molecule has 0 aromatic rings. The van der Waals surface area contributed by atoms with E-state index in [2.05, 4.69) is 18.0 Å². The number of hydrogen-bond donors (Lipinski definition) is 0. The van der Waals surface area contributed by atoms with E-state index in [1.165, 1.54) is 35.3 Å². The molecule has 1 aliphatic heterocycles. The third kappa shape index (κ3) is 60.2. The Hall–Kier alpha value is 0.890. The van der Waals surface area contributed by atoms with Crippen LogP contribution in [-0.2, 0) is 76.3 Å². The van der Waals surface area contributed by atoms with Gasteiger partial charge in [-0.2, -0.15) is 0 Å². The second-order valence-corrected chi connectivity index (χ2v) is 3.73. The second kappa shape index (κ2) is 22.1. The Bertz CT molecular complexity index is 302. The fraction of sp³-hybridized carbons (Fsp3) is 0.333. The molecule has 0 aliphatic carbocycles. The molecule has 1 rings (SSSR count). The summed E-state index contributed by atoms with van der Waals surface area (Å²) in [6.07, 6.45) is 0. The molecule has 1 aliphatic rings. The molecular weight excluding hydrogens is 661 g/mol. The van der Waals surface area contributed by atoms with Gasteiger partial charge in [0.1, 0.15) is 0 Å². The predicted molar refractivity (Wildman–Crippen MR) is 56.5 cm³/mol. The van der Waals surface area contributed by atoms with E-state index in [9.17, 15) is 0 Å². The molecule has 0 saturated carbocycles. The fourth-order valence-corrected chi connectivity index (χ4v) is 1.34. The largest absolute Gasteiger partial charge is 1.00 e. The maximum atomic E-state index is 8.89. The molecule has 0 aromatic carbocycles. The van der Waals surface area contributed by atoms with Crippen LogP contribution >= 0.6 is 23.9 Å². The normalized spacial score (nSPS) is 9.53. The van der Waals surface area contributed by atoms with Crippen molar-refractivity contribution in [1.29, 1.82) is 0 Å². The summed E-state index contributed by atoms with van der Waals surface area (Å²) in [6, 6.07) is 0. The van der Waals surface area contributed by atoms with Gasteiger partial charge in [0.25, 0.3) is 0 Å². The number of nitrogens with zero attached hydrogens (tertiary/aromatic N) is 2. The standard InChI is InChI=1S/C2N2S3.2C2H4O2.2Hg/c1-2-6-4-7-3-5-1;2*1-2(3)4;;/h;2*1H3,(H,3,4);;/q;;;2*+1/p-2. The topological polar surface area (TPSA) is 105 Å². The van der Waals surface area contributed by atoms with E-state index in [1.807, 2.05) is 0 Å². The Morgan fingerprint density at radius 2 is 1.18 bits per heavy atom. The Balaban J connectivity index is -0.0000000755. The van der Waals surface area contributed by atoms with Gasteiger partial charge in [-0.25, -0.2) is 0 Å². The number of hydrogen-bond acceptors (Lipinski definition) is 8. The SMILES string of the molecule is C1#CSN=S=NS1.CC(=O)[O-].CC(=O)[O-].[Hg+].[Hg+].